The molecule has 1 aromatic heterocycles. The van der Waals surface area contributed by atoms with Gasteiger partial charge in [0.15, 0.2) is 0 Å². The van der Waals surface area contributed by atoms with Crippen LogP contribution >= 0.6 is 0 Å². The molecule has 80 valence electrons. The molecule has 0 radical (unpaired) electrons. The maximum absolute atomic E-state index is 9.39. The van der Waals surface area contributed by atoms with Crippen molar-refractivity contribution in [1.29, 1.82) is 0 Å². The normalized spacial score (nSPS) is 29.5. The molecule has 2 unspecified atom stereocenters. The molecule has 3 heterocycles. The first-order valence-corrected chi connectivity index (χ1v) is 5.43. The molecular formula is C11H15N3O. The Morgan fingerprint density at radius 2 is 2.33 bits per heavy atom. The number of fused-ring (bicyclic) bond motifs is 2. The highest BCUT2D eigenvalue weighted by atomic mass is 16.3. The molecule has 2 saturated heterocycles. The van der Waals surface area contributed by atoms with Crippen molar-refractivity contribution in [3.8, 4) is 5.75 Å². The number of hydrogen-bond donors (Lipinski definition) is 2. The summed E-state index contributed by atoms with van der Waals surface area (Å²) in [6.45, 7) is 3.24. The third-order valence-electron chi connectivity index (χ3n) is 3.31. The van der Waals surface area contributed by atoms with Crippen molar-refractivity contribution in [2.45, 2.75) is 12.5 Å². The van der Waals surface area contributed by atoms with Crippen LogP contribution in [0.5, 0.6) is 5.75 Å². The second-order valence-electron chi connectivity index (χ2n) is 4.51. The van der Waals surface area contributed by atoms with Crippen LogP contribution in [0.1, 0.15) is 6.42 Å². The Labute approximate surface area is 88.9 Å². The highest BCUT2D eigenvalue weighted by molar-refractivity contribution is 5.48. The minimum absolute atomic E-state index is 0.248. The third kappa shape index (κ3) is 1.65. The van der Waals surface area contributed by atoms with E-state index < -0.39 is 0 Å². The van der Waals surface area contributed by atoms with E-state index in [-0.39, 0.29) is 5.75 Å². The molecule has 0 spiro atoms. The Bertz CT molecular complexity index is 357. The summed E-state index contributed by atoms with van der Waals surface area (Å²) in [6, 6.07) is 2.41. The van der Waals surface area contributed by atoms with Crippen LogP contribution in [-0.2, 0) is 0 Å². The number of aromatic nitrogens is 1. The van der Waals surface area contributed by atoms with Crippen molar-refractivity contribution in [3.05, 3.63) is 18.5 Å². The van der Waals surface area contributed by atoms with Crippen LogP contribution in [0.4, 0.5) is 5.69 Å². The van der Waals surface area contributed by atoms with E-state index in [0.29, 0.717) is 6.04 Å². The van der Waals surface area contributed by atoms with Crippen LogP contribution in [0.2, 0.25) is 0 Å². The Morgan fingerprint density at radius 3 is 3.13 bits per heavy atom. The number of aromatic hydroxyl groups is 1. The van der Waals surface area contributed by atoms with E-state index in [2.05, 4.69) is 15.2 Å². The van der Waals surface area contributed by atoms with Gasteiger partial charge in [-0.15, -0.1) is 0 Å². The average Bonchev–Trinajstić information content (AvgIpc) is 2.58. The topological polar surface area (TPSA) is 48.4 Å². The number of piperidine rings is 1. The van der Waals surface area contributed by atoms with E-state index in [1.165, 1.54) is 12.6 Å². The zero-order valence-corrected chi connectivity index (χ0v) is 8.56. The van der Waals surface area contributed by atoms with Crippen LogP contribution in [0, 0.1) is 5.92 Å². The lowest BCUT2D eigenvalue weighted by Gasteiger charge is -2.32. The lowest BCUT2D eigenvalue weighted by Crippen LogP contribution is -2.41. The molecule has 3 rings (SSSR count). The number of nitrogens with zero attached hydrogens (tertiary/aromatic N) is 2. The number of anilines is 1. The fourth-order valence-electron chi connectivity index (χ4n) is 2.63. The van der Waals surface area contributed by atoms with Gasteiger partial charge in [0.25, 0.3) is 0 Å². The molecule has 4 heteroatoms. The van der Waals surface area contributed by atoms with Crippen molar-refractivity contribution in [3.63, 3.8) is 0 Å². The van der Waals surface area contributed by atoms with Crippen LogP contribution in [0.3, 0.4) is 0 Å². The molecule has 15 heavy (non-hydrogen) atoms. The maximum atomic E-state index is 9.39. The van der Waals surface area contributed by atoms with Gasteiger partial charge in [-0.2, -0.15) is 0 Å². The molecule has 2 aliphatic heterocycles. The lowest BCUT2D eigenvalue weighted by molar-refractivity contribution is 0.464. The summed E-state index contributed by atoms with van der Waals surface area (Å²) in [7, 11) is 0. The zero-order chi connectivity index (χ0) is 10.3. The highest BCUT2D eigenvalue weighted by Crippen LogP contribution is 2.27. The largest absolute Gasteiger partial charge is 0.506 e. The second kappa shape index (κ2) is 3.38. The van der Waals surface area contributed by atoms with E-state index in [4.69, 9.17) is 0 Å². The monoisotopic (exact) mass is 205 g/mol. The Kier molecular flexibility index (Phi) is 2.02. The fourth-order valence-corrected chi connectivity index (χ4v) is 2.63. The maximum Gasteiger partial charge on any atom is 0.135 e. The molecule has 0 amide bonds. The van der Waals surface area contributed by atoms with Crippen LogP contribution in [-0.4, -0.2) is 35.8 Å². The van der Waals surface area contributed by atoms with Gasteiger partial charge in [-0.3, -0.25) is 4.98 Å². The summed E-state index contributed by atoms with van der Waals surface area (Å²) in [5.74, 6) is 1.00. The van der Waals surface area contributed by atoms with Crippen molar-refractivity contribution in [2.24, 2.45) is 5.92 Å². The summed E-state index contributed by atoms with van der Waals surface area (Å²) in [5, 5.41) is 12.9. The van der Waals surface area contributed by atoms with E-state index in [9.17, 15) is 5.11 Å². The molecule has 2 fully saturated rings. The average molecular weight is 205 g/mol. The number of nitrogens with one attached hydrogen (secondary N) is 1. The molecule has 2 bridgehead atoms. The molecular weight excluding hydrogens is 190 g/mol. The first kappa shape index (κ1) is 8.97. The van der Waals surface area contributed by atoms with Gasteiger partial charge in [0.1, 0.15) is 5.75 Å². The van der Waals surface area contributed by atoms with E-state index >= 15 is 0 Å². The van der Waals surface area contributed by atoms with Crippen molar-refractivity contribution in [1.82, 2.24) is 10.3 Å². The quantitative estimate of drug-likeness (QED) is 0.704. The Balaban J connectivity index is 1.83. The van der Waals surface area contributed by atoms with Crippen molar-refractivity contribution >= 4 is 5.69 Å². The molecule has 2 atom stereocenters. The van der Waals surface area contributed by atoms with Gasteiger partial charge < -0.3 is 15.3 Å². The van der Waals surface area contributed by atoms with E-state index in [0.717, 1.165) is 31.2 Å². The summed E-state index contributed by atoms with van der Waals surface area (Å²) in [6.07, 6.45) is 4.59. The van der Waals surface area contributed by atoms with Gasteiger partial charge in [-0.25, -0.2) is 0 Å². The van der Waals surface area contributed by atoms with Gasteiger partial charge >= 0.3 is 0 Å². The van der Waals surface area contributed by atoms with Gasteiger partial charge in [-0.05, 0) is 12.3 Å². The summed E-state index contributed by atoms with van der Waals surface area (Å²) < 4.78 is 0. The lowest BCUT2D eigenvalue weighted by atomic mass is 10.00. The van der Waals surface area contributed by atoms with Crippen molar-refractivity contribution < 1.29 is 5.11 Å². The van der Waals surface area contributed by atoms with Crippen LogP contribution in [0.15, 0.2) is 18.5 Å². The number of rotatable bonds is 1. The second-order valence-corrected chi connectivity index (χ2v) is 4.51. The predicted octanol–water partition coefficient (Wildman–Crippen LogP) is 0.585. The van der Waals surface area contributed by atoms with E-state index in [1.807, 2.05) is 6.20 Å². The Hall–Kier alpha value is -1.29. The van der Waals surface area contributed by atoms with Gasteiger partial charge in [0.2, 0.25) is 0 Å². The van der Waals surface area contributed by atoms with Crippen LogP contribution < -0.4 is 10.2 Å². The first-order valence-electron chi connectivity index (χ1n) is 5.43. The smallest absolute Gasteiger partial charge is 0.135 e. The SMILES string of the molecule is Oc1cncc(N2CC3CNC(C3)C2)c1. The predicted molar refractivity (Wildman–Crippen MR) is 58.0 cm³/mol. The van der Waals surface area contributed by atoms with Gasteiger partial charge in [0.05, 0.1) is 18.1 Å². The number of pyridine rings is 1. The molecule has 1 aromatic rings. The van der Waals surface area contributed by atoms with Crippen LogP contribution in [0.25, 0.3) is 0 Å². The van der Waals surface area contributed by atoms with Gasteiger partial charge in [0, 0.05) is 31.7 Å². The summed E-state index contributed by atoms with van der Waals surface area (Å²) in [5.41, 5.74) is 1.04. The summed E-state index contributed by atoms with van der Waals surface area (Å²) >= 11 is 0. The molecule has 2 N–H and O–H groups in total. The minimum Gasteiger partial charge on any atom is -0.506 e. The zero-order valence-electron chi connectivity index (χ0n) is 8.56. The van der Waals surface area contributed by atoms with Crippen molar-refractivity contribution in [2.75, 3.05) is 24.5 Å². The summed E-state index contributed by atoms with van der Waals surface area (Å²) in [4.78, 5) is 6.33. The Morgan fingerprint density at radius 1 is 1.40 bits per heavy atom. The highest BCUT2D eigenvalue weighted by Gasteiger charge is 2.32. The first-order chi connectivity index (χ1) is 7.31. The standard InChI is InChI=1S/C11H15N3O/c15-11-2-10(4-12-5-11)14-6-8-1-9(7-14)13-3-8/h2,4-5,8-9,13,15H,1,3,6-7H2. The third-order valence-corrected chi connectivity index (χ3v) is 3.31. The molecule has 0 aliphatic carbocycles. The number of hydrogen-bond acceptors (Lipinski definition) is 4. The molecule has 2 aliphatic rings. The van der Waals surface area contributed by atoms with E-state index in [1.54, 1.807) is 6.07 Å². The van der Waals surface area contributed by atoms with Gasteiger partial charge in [-0.1, -0.05) is 0 Å². The molecule has 0 aromatic carbocycles. The minimum atomic E-state index is 0.248. The molecule has 4 nitrogen and oxygen atoms in total. The molecule has 0 saturated carbocycles. The fraction of sp³-hybridized carbons (Fsp3) is 0.545.